The Kier molecular flexibility index (Phi) is 5.94. The van der Waals surface area contributed by atoms with E-state index >= 15 is 0 Å². The number of allylic oxidation sites excluding steroid dienone is 3. The quantitative estimate of drug-likeness (QED) is 0.457. The summed E-state index contributed by atoms with van der Waals surface area (Å²) in [6.07, 6.45) is 6.83. The topological polar surface area (TPSA) is 46.9 Å². The van der Waals surface area contributed by atoms with E-state index in [-0.39, 0.29) is 5.43 Å². The lowest BCUT2D eigenvalue weighted by atomic mass is 10.2. The fourth-order valence-electron chi connectivity index (χ4n) is 2.81. The van der Waals surface area contributed by atoms with Crippen LogP contribution in [-0.2, 0) is 0 Å². The van der Waals surface area contributed by atoms with Gasteiger partial charge in [0.2, 0.25) is 0 Å². The summed E-state index contributed by atoms with van der Waals surface area (Å²) in [7, 11) is 0. The van der Waals surface area contributed by atoms with E-state index in [0.29, 0.717) is 11.2 Å². The van der Waals surface area contributed by atoms with Crippen LogP contribution in [0, 0.1) is 0 Å². The van der Waals surface area contributed by atoms with Gasteiger partial charge in [0.05, 0.1) is 15.9 Å². The van der Waals surface area contributed by atoms with Gasteiger partial charge in [0.25, 0.3) is 0 Å². The second-order valence-corrected chi connectivity index (χ2v) is 7.01. The highest BCUT2D eigenvalue weighted by atomic mass is 32.2. The summed E-state index contributed by atoms with van der Waals surface area (Å²) < 4.78 is 2.03. The molecule has 4 nitrogen and oxygen atoms in total. The maximum Gasteiger partial charge on any atom is 0.193 e. The third-order valence-electron chi connectivity index (χ3n) is 3.97. The molecule has 0 amide bonds. The molecule has 1 N–H and O–H groups in total. The third kappa shape index (κ3) is 4.04. The van der Waals surface area contributed by atoms with Crippen molar-refractivity contribution in [2.45, 2.75) is 11.9 Å². The molecule has 3 rings (SSSR count). The summed E-state index contributed by atoms with van der Waals surface area (Å²) >= 11 is 1.64. The Hall–Kier alpha value is -3.05. The molecular weight excluding hydrogens is 354 g/mol. The van der Waals surface area contributed by atoms with Crippen molar-refractivity contribution in [1.82, 2.24) is 9.55 Å². The molecule has 5 heteroatoms. The number of para-hydroxylation sites is 1. The number of aromatic nitrogens is 2. The molecule has 0 saturated carbocycles. The van der Waals surface area contributed by atoms with Gasteiger partial charge in [-0.05, 0) is 36.1 Å². The molecule has 136 valence electrons. The highest BCUT2D eigenvalue weighted by molar-refractivity contribution is 7.99. The van der Waals surface area contributed by atoms with E-state index in [1.807, 2.05) is 47.0 Å². The molecule has 0 unspecified atom stereocenters. The Morgan fingerprint density at radius 3 is 2.70 bits per heavy atom. The number of anilines is 1. The number of benzene rings is 1. The average Bonchev–Trinajstić information content (AvgIpc) is 2.68. The fraction of sp³-hybridized carbons (Fsp3) is 0.0909. The molecule has 0 spiro atoms. The van der Waals surface area contributed by atoms with E-state index in [2.05, 4.69) is 30.4 Å². The molecule has 0 saturated heterocycles. The summed E-state index contributed by atoms with van der Waals surface area (Å²) in [6, 6.07) is 13.5. The summed E-state index contributed by atoms with van der Waals surface area (Å²) in [6.45, 7) is 9.63. The molecular formula is C22H21N3OS. The second kappa shape index (κ2) is 8.56. The highest BCUT2D eigenvalue weighted by Gasteiger charge is 2.13. The number of thioether (sulfide) groups is 1. The van der Waals surface area contributed by atoms with Gasteiger partial charge in [-0.25, -0.2) is 4.98 Å². The second-order valence-electron chi connectivity index (χ2n) is 5.72. The standard InChI is InChI=1S/C22H21N3OS/c1-4-10-16(5-2)24-21-14-20(26)18-15-23-22(27-6-3)13-19(18)25(21)17-11-8-7-9-12-17/h4-5,7-15,24H,1-2,6H2,3H3/b16-10+. The Bertz CT molecular complexity index is 1070. The van der Waals surface area contributed by atoms with Crippen LogP contribution in [0.25, 0.3) is 16.6 Å². The predicted molar refractivity (Wildman–Crippen MR) is 116 cm³/mol. The summed E-state index contributed by atoms with van der Waals surface area (Å²) in [5.41, 5.74) is 2.43. The molecule has 2 aromatic heterocycles. The molecule has 0 fully saturated rings. The number of pyridine rings is 2. The van der Waals surface area contributed by atoms with Gasteiger partial charge in [-0.15, -0.1) is 11.8 Å². The van der Waals surface area contributed by atoms with Crippen LogP contribution in [0.15, 0.2) is 95.6 Å². The maximum absolute atomic E-state index is 12.7. The molecule has 2 heterocycles. The minimum atomic E-state index is -0.0813. The maximum atomic E-state index is 12.7. The molecule has 0 aliphatic carbocycles. The van der Waals surface area contributed by atoms with Crippen LogP contribution in [0.5, 0.6) is 0 Å². The van der Waals surface area contributed by atoms with E-state index in [1.54, 1.807) is 36.2 Å². The Morgan fingerprint density at radius 1 is 1.26 bits per heavy atom. The van der Waals surface area contributed by atoms with Gasteiger partial charge < -0.3 is 5.32 Å². The van der Waals surface area contributed by atoms with Crippen LogP contribution in [-0.4, -0.2) is 15.3 Å². The van der Waals surface area contributed by atoms with Gasteiger partial charge in [0, 0.05) is 23.6 Å². The van der Waals surface area contributed by atoms with Gasteiger partial charge >= 0.3 is 0 Å². The van der Waals surface area contributed by atoms with Crippen molar-refractivity contribution in [3.8, 4) is 5.69 Å². The first-order valence-corrected chi connectivity index (χ1v) is 9.62. The first-order chi connectivity index (χ1) is 13.2. The van der Waals surface area contributed by atoms with Gasteiger partial charge in [0.15, 0.2) is 5.43 Å². The van der Waals surface area contributed by atoms with Gasteiger partial charge in [0.1, 0.15) is 5.82 Å². The Morgan fingerprint density at radius 2 is 2.04 bits per heavy atom. The summed E-state index contributed by atoms with van der Waals surface area (Å²) in [4.78, 5) is 17.1. The summed E-state index contributed by atoms with van der Waals surface area (Å²) in [5.74, 6) is 1.57. The van der Waals surface area contributed by atoms with Crippen LogP contribution < -0.4 is 10.7 Å². The van der Waals surface area contributed by atoms with Crippen molar-refractivity contribution in [1.29, 1.82) is 0 Å². The number of nitrogens with one attached hydrogen (secondary N) is 1. The van der Waals surface area contributed by atoms with E-state index in [4.69, 9.17) is 0 Å². The largest absolute Gasteiger partial charge is 0.341 e. The first-order valence-electron chi connectivity index (χ1n) is 8.64. The molecule has 1 aromatic carbocycles. The lowest BCUT2D eigenvalue weighted by Gasteiger charge is -2.19. The zero-order chi connectivity index (χ0) is 19.2. The number of hydrogen-bond acceptors (Lipinski definition) is 4. The molecule has 27 heavy (non-hydrogen) atoms. The van der Waals surface area contributed by atoms with E-state index in [0.717, 1.165) is 27.7 Å². The lowest BCUT2D eigenvalue weighted by Crippen LogP contribution is -2.14. The van der Waals surface area contributed by atoms with Gasteiger partial charge in [-0.2, -0.15) is 0 Å². The number of fused-ring (bicyclic) bond motifs is 1. The van der Waals surface area contributed by atoms with Crippen molar-refractivity contribution in [3.63, 3.8) is 0 Å². The fourth-order valence-corrected chi connectivity index (χ4v) is 3.42. The number of hydrogen-bond donors (Lipinski definition) is 1. The first kappa shape index (κ1) is 18.7. The van der Waals surface area contributed by atoms with Crippen LogP contribution in [0.1, 0.15) is 6.92 Å². The molecule has 0 radical (unpaired) electrons. The molecule has 0 bridgehead atoms. The van der Waals surface area contributed by atoms with Crippen molar-refractivity contribution in [2.24, 2.45) is 0 Å². The normalized spacial score (nSPS) is 11.4. The smallest absolute Gasteiger partial charge is 0.193 e. The Labute approximate surface area is 163 Å². The number of rotatable bonds is 7. The minimum Gasteiger partial charge on any atom is -0.341 e. The highest BCUT2D eigenvalue weighted by Crippen LogP contribution is 2.26. The van der Waals surface area contributed by atoms with Crippen molar-refractivity contribution < 1.29 is 0 Å². The SMILES string of the molecule is C=C/C=C(\C=C)Nc1cc(=O)c2cnc(SCC)cc2n1-c1ccccc1. The molecule has 3 aromatic rings. The molecule has 0 aliphatic rings. The van der Waals surface area contributed by atoms with Crippen LogP contribution >= 0.6 is 11.8 Å². The lowest BCUT2D eigenvalue weighted by molar-refractivity contribution is 1.07. The van der Waals surface area contributed by atoms with Crippen molar-refractivity contribution in [3.05, 3.63) is 96.0 Å². The van der Waals surface area contributed by atoms with E-state index in [9.17, 15) is 4.79 Å². The molecule has 0 aliphatic heterocycles. The molecule has 0 atom stereocenters. The number of nitrogens with zero attached hydrogens (tertiary/aromatic N) is 2. The van der Waals surface area contributed by atoms with Crippen LogP contribution in [0.4, 0.5) is 5.82 Å². The van der Waals surface area contributed by atoms with E-state index < -0.39 is 0 Å². The predicted octanol–water partition coefficient (Wildman–Crippen LogP) is 5.17. The average molecular weight is 375 g/mol. The van der Waals surface area contributed by atoms with E-state index in [1.165, 1.54) is 0 Å². The van der Waals surface area contributed by atoms with Gasteiger partial charge in [-0.1, -0.05) is 44.4 Å². The summed E-state index contributed by atoms with van der Waals surface area (Å²) in [5, 5.41) is 4.76. The van der Waals surface area contributed by atoms with Gasteiger partial charge in [-0.3, -0.25) is 9.36 Å². The third-order valence-corrected chi connectivity index (χ3v) is 4.78. The zero-order valence-corrected chi connectivity index (χ0v) is 16.0. The zero-order valence-electron chi connectivity index (χ0n) is 15.2. The van der Waals surface area contributed by atoms with Crippen LogP contribution in [0.2, 0.25) is 0 Å². The minimum absolute atomic E-state index is 0.0813. The van der Waals surface area contributed by atoms with Crippen molar-refractivity contribution in [2.75, 3.05) is 11.1 Å². The van der Waals surface area contributed by atoms with Crippen LogP contribution in [0.3, 0.4) is 0 Å². The monoisotopic (exact) mass is 375 g/mol. The van der Waals surface area contributed by atoms with Crippen molar-refractivity contribution >= 4 is 28.5 Å². The Balaban J connectivity index is 2.33.